The minimum absolute atomic E-state index is 0.353. The van der Waals surface area contributed by atoms with Gasteiger partial charge in [0.25, 0.3) is 0 Å². The molecular formula is C9H8INO3. The highest BCUT2D eigenvalue weighted by atomic mass is 127. The molecule has 0 radical (unpaired) electrons. The first kappa shape index (κ1) is 9.57. The van der Waals surface area contributed by atoms with Gasteiger partial charge in [-0.05, 0) is 29.5 Å². The predicted octanol–water partition coefficient (Wildman–Crippen LogP) is 2.54. The Morgan fingerprint density at radius 3 is 3.07 bits per heavy atom. The van der Waals surface area contributed by atoms with Gasteiger partial charge in [0.05, 0.1) is 12.1 Å². The predicted molar refractivity (Wildman–Crippen MR) is 59.2 cm³/mol. The summed E-state index contributed by atoms with van der Waals surface area (Å²) in [6.45, 7) is 2.14. The highest BCUT2D eigenvalue weighted by molar-refractivity contribution is 14.1. The van der Waals surface area contributed by atoms with E-state index in [9.17, 15) is 4.79 Å². The van der Waals surface area contributed by atoms with Crippen LogP contribution in [0.15, 0.2) is 16.5 Å². The van der Waals surface area contributed by atoms with Gasteiger partial charge < -0.3 is 14.1 Å². The number of nitrogens with one attached hydrogen (secondary N) is 1. The fraction of sp³-hybridized carbons (Fsp3) is 0.222. The van der Waals surface area contributed by atoms with Gasteiger partial charge in [-0.1, -0.05) is 0 Å². The van der Waals surface area contributed by atoms with Gasteiger partial charge >= 0.3 is 5.97 Å². The van der Waals surface area contributed by atoms with Crippen molar-refractivity contribution >= 4 is 39.7 Å². The average molecular weight is 305 g/mol. The van der Waals surface area contributed by atoms with E-state index >= 15 is 0 Å². The van der Waals surface area contributed by atoms with E-state index in [4.69, 9.17) is 9.15 Å². The van der Waals surface area contributed by atoms with Crippen molar-refractivity contribution in [2.24, 2.45) is 0 Å². The van der Waals surface area contributed by atoms with Crippen LogP contribution in [0.25, 0.3) is 11.1 Å². The summed E-state index contributed by atoms with van der Waals surface area (Å²) in [6.07, 6.45) is 0. The number of H-pyrrole nitrogens is 1. The van der Waals surface area contributed by atoms with E-state index in [2.05, 4.69) is 27.6 Å². The van der Waals surface area contributed by atoms with Crippen molar-refractivity contribution < 1.29 is 13.9 Å². The quantitative estimate of drug-likeness (QED) is 0.685. The van der Waals surface area contributed by atoms with Gasteiger partial charge in [-0.15, -0.1) is 0 Å². The number of ether oxygens (including phenoxy) is 1. The summed E-state index contributed by atoms with van der Waals surface area (Å²) in [5.41, 5.74) is 1.92. The zero-order chi connectivity index (χ0) is 10.1. The molecule has 0 amide bonds. The highest BCUT2D eigenvalue weighted by Gasteiger charge is 2.12. The van der Waals surface area contributed by atoms with Gasteiger partial charge in [-0.25, -0.2) is 4.79 Å². The summed E-state index contributed by atoms with van der Waals surface area (Å²) in [4.78, 5) is 14.2. The fourth-order valence-corrected chi connectivity index (χ4v) is 1.76. The molecule has 0 spiro atoms. The van der Waals surface area contributed by atoms with Crippen LogP contribution >= 0.6 is 22.6 Å². The van der Waals surface area contributed by atoms with Crippen molar-refractivity contribution in [2.45, 2.75) is 6.92 Å². The van der Waals surface area contributed by atoms with Gasteiger partial charge in [0.15, 0.2) is 9.35 Å². The van der Waals surface area contributed by atoms with Gasteiger partial charge in [0, 0.05) is 12.1 Å². The molecule has 4 nitrogen and oxygen atoms in total. The second-order valence-corrected chi connectivity index (χ2v) is 3.80. The van der Waals surface area contributed by atoms with Crippen LogP contribution in [0.5, 0.6) is 0 Å². The molecule has 5 heteroatoms. The Balaban J connectivity index is 2.36. The van der Waals surface area contributed by atoms with Gasteiger partial charge in [-0.3, -0.25) is 0 Å². The van der Waals surface area contributed by atoms with E-state index in [-0.39, 0.29) is 5.97 Å². The zero-order valence-electron chi connectivity index (χ0n) is 7.46. The van der Waals surface area contributed by atoms with Crippen LogP contribution in [-0.4, -0.2) is 17.6 Å². The standard InChI is InChI=1S/C9H8INO3/c1-2-13-9(12)6-3-7-5(11-6)4-8(10)14-7/h3-4,11H,2H2,1H3. The van der Waals surface area contributed by atoms with Crippen molar-refractivity contribution in [3.8, 4) is 0 Å². The van der Waals surface area contributed by atoms with Crippen LogP contribution < -0.4 is 0 Å². The number of hydrogen-bond donors (Lipinski definition) is 1. The average Bonchev–Trinajstić information content (AvgIpc) is 2.61. The Morgan fingerprint density at radius 2 is 2.43 bits per heavy atom. The summed E-state index contributed by atoms with van der Waals surface area (Å²) in [7, 11) is 0. The molecule has 2 rings (SSSR count). The Labute approximate surface area is 93.7 Å². The Hall–Kier alpha value is -0.980. The molecular weight excluding hydrogens is 297 g/mol. The third kappa shape index (κ3) is 1.63. The first-order valence-corrected chi connectivity index (χ1v) is 5.23. The molecule has 1 N–H and O–H groups in total. The Bertz CT molecular complexity index is 440. The second-order valence-electron chi connectivity index (χ2n) is 2.73. The highest BCUT2D eigenvalue weighted by Crippen LogP contribution is 2.21. The summed E-state index contributed by atoms with van der Waals surface area (Å²) >= 11 is 2.07. The number of halogens is 1. The molecule has 0 atom stereocenters. The van der Waals surface area contributed by atoms with Crippen molar-refractivity contribution in [1.82, 2.24) is 4.98 Å². The normalized spacial score (nSPS) is 10.7. The second kappa shape index (κ2) is 3.64. The molecule has 0 bridgehead atoms. The first-order chi connectivity index (χ1) is 6.70. The number of aromatic amines is 1. The molecule has 74 valence electrons. The van der Waals surface area contributed by atoms with Crippen LogP contribution in [0.2, 0.25) is 0 Å². The number of esters is 1. The number of carbonyl (C=O) groups is 1. The number of hydrogen-bond acceptors (Lipinski definition) is 3. The largest absolute Gasteiger partial charge is 0.461 e. The van der Waals surface area contributed by atoms with Crippen molar-refractivity contribution in [3.63, 3.8) is 0 Å². The molecule has 2 aromatic rings. The number of rotatable bonds is 2. The molecule has 0 aromatic carbocycles. The lowest BCUT2D eigenvalue weighted by Crippen LogP contribution is -2.04. The van der Waals surface area contributed by atoms with E-state index in [1.807, 2.05) is 6.07 Å². The number of fused-ring (bicyclic) bond motifs is 1. The number of furan rings is 1. The van der Waals surface area contributed by atoms with Crippen molar-refractivity contribution in [1.29, 1.82) is 0 Å². The van der Waals surface area contributed by atoms with E-state index in [0.717, 1.165) is 9.28 Å². The Morgan fingerprint density at radius 1 is 1.64 bits per heavy atom. The molecule has 0 fully saturated rings. The monoisotopic (exact) mass is 305 g/mol. The van der Waals surface area contributed by atoms with Gasteiger partial charge in [0.1, 0.15) is 5.69 Å². The van der Waals surface area contributed by atoms with Crippen LogP contribution in [0, 0.1) is 3.77 Å². The molecule has 2 heterocycles. The summed E-state index contributed by atoms with van der Waals surface area (Å²) in [5.74, 6) is -0.353. The Kier molecular flexibility index (Phi) is 2.49. The zero-order valence-corrected chi connectivity index (χ0v) is 9.62. The fourth-order valence-electron chi connectivity index (χ4n) is 1.21. The third-order valence-electron chi connectivity index (χ3n) is 1.77. The number of carbonyl (C=O) groups excluding carboxylic acids is 1. The van der Waals surface area contributed by atoms with E-state index in [1.165, 1.54) is 0 Å². The maximum Gasteiger partial charge on any atom is 0.354 e. The van der Waals surface area contributed by atoms with Crippen LogP contribution in [0.1, 0.15) is 17.4 Å². The third-order valence-corrected chi connectivity index (χ3v) is 2.30. The summed E-state index contributed by atoms with van der Waals surface area (Å²) < 4.78 is 11.0. The first-order valence-electron chi connectivity index (χ1n) is 4.16. The lowest BCUT2D eigenvalue weighted by atomic mass is 10.4. The molecule has 14 heavy (non-hydrogen) atoms. The molecule has 0 unspecified atom stereocenters. The SMILES string of the molecule is CCOC(=O)c1cc2oc(I)cc2[nH]1. The topological polar surface area (TPSA) is 55.2 Å². The summed E-state index contributed by atoms with van der Waals surface area (Å²) in [5, 5.41) is 0. The molecule has 0 saturated carbocycles. The lowest BCUT2D eigenvalue weighted by molar-refractivity contribution is 0.0520. The van der Waals surface area contributed by atoms with E-state index in [1.54, 1.807) is 13.0 Å². The van der Waals surface area contributed by atoms with Crippen LogP contribution in [-0.2, 0) is 4.74 Å². The summed E-state index contributed by atoms with van der Waals surface area (Å²) in [6, 6.07) is 3.48. The molecule has 0 aliphatic carbocycles. The smallest absolute Gasteiger partial charge is 0.354 e. The molecule has 2 aromatic heterocycles. The van der Waals surface area contributed by atoms with E-state index < -0.39 is 0 Å². The van der Waals surface area contributed by atoms with Crippen LogP contribution in [0.3, 0.4) is 0 Å². The lowest BCUT2D eigenvalue weighted by Gasteiger charge is -1.96. The molecule has 0 aliphatic heterocycles. The van der Waals surface area contributed by atoms with Gasteiger partial charge in [0.2, 0.25) is 0 Å². The van der Waals surface area contributed by atoms with Crippen LogP contribution in [0.4, 0.5) is 0 Å². The maximum atomic E-state index is 11.3. The molecule has 0 aliphatic rings. The van der Waals surface area contributed by atoms with Crippen molar-refractivity contribution in [2.75, 3.05) is 6.61 Å². The number of aromatic nitrogens is 1. The van der Waals surface area contributed by atoms with Crippen molar-refractivity contribution in [3.05, 3.63) is 21.6 Å². The minimum atomic E-state index is -0.353. The van der Waals surface area contributed by atoms with E-state index in [0.29, 0.717) is 17.9 Å². The maximum absolute atomic E-state index is 11.3. The minimum Gasteiger partial charge on any atom is -0.461 e. The molecule has 0 saturated heterocycles. The van der Waals surface area contributed by atoms with Gasteiger partial charge in [-0.2, -0.15) is 0 Å².